The summed E-state index contributed by atoms with van der Waals surface area (Å²) in [6, 6.07) is 24.2. The van der Waals surface area contributed by atoms with E-state index in [0.29, 0.717) is 59.1 Å². The molecular weight excluding hydrogens is 1960 g/mol. The molecule has 3 aromatic carbocycles. The van der Waals surface area contributed by atoms with Gasteiger partial charge in [0.15, 0.2) is 0 Å². The molecule has 1 heterocycles. The minimum atomic E-state index is -3.64. The van der Waals surface area contributed by atoms with E-state index in [1.807, 2.05) is 119 Å². The van der Waals surface area contributed by atoms with Gasteiger partial charge in [-0.15, -0.1) is 0 Å². The number of rotatable bonds is 51. The molecule has 0 aliphatic carbocycles. The predicted molar refractivity (Wildman–Crippen MR) is 526 cm³/mol. The third-order valence-electron chi connectivity index (χ3n) is 15.5. The van der Waals surface area contributed by atoms with Gasteiger partial charge < -0.3 is 97.6 Å². The molecular formula is C83H157ClN10O34P8. The second kappa shape index (κ2) is 80.6. The molecule has 44 nitrogen and oxygen atoms in total. The van der Waals surface area contributed by atoms with Crippen molar-refractivity contribution in [3.05, 3.63) is 126 Å². The summed E-state index contributed by atoms with van der Waals surface area (Å²) in [5.41, 5.74) is 13.2. The number of carbonyl (C=O) groups excluding carboxylic acids is 8. The Bertz CT molecular complexity index is 4150. The third-order valence-corrected chi connectivity index (χ3v) is 23.5. The van der Waals surface area contributed by atoms with E-state index < -0.39 is 133 Å². The van der Waals surface area contributed by atoms with E-state index in [-0.39, 0.29) is 81.8 Å². The van der Waals surface area contributed by atoms with E-state index >= 15 is 0 Å². The van der Waals surface area contributed by atoms with Crippen molar-refractivity contribution in [2.24, 2.45) is 29.2 Å². The first-order chi connectivity index (χ1) is 63.0. The van der Waals surface area contributed by atoms with Gasteiger partial charge in [-0.2, -0.15) is 0 Å². The number of hydrogen-bond donors (Lipinski definition) is 15. The quantitative estimate of drug-likeness (QED) is 0.00845. The number of unbranched alkanes of at least 4 members (excludes halogenated alkanes) is 4. The van der Waals surface area contributed by atoms with Crippen molar-refractivity contribution < 1.29 is 161 Å². The van der Waals surface area contributed by atoms with Crippen LogP contribution in [0.25, 0.3) is 0 Å². The Balaban J connectivity index is -0.000000355. The summed E-state index contributed by atoms with van der Waals surface area (Å²) in [6.07, 6.45) is 11.0. The maximum absolute atomic E-state index is 12.6. The summed E-state index contributed by atoms with van der Waals surface area (Å²) in [5, 5.41) is 34.2. The minimum Gasteiger partial charge on any atom is -0.466 e. The molecule has 0 saturated carbocycles. The lowest BCUT2D eigenvalue weighted by Gasteiger charge is -2.25. The summed E-state index contributed by atoms with van der Waals surface area (Å²) >= 11 is 5.42. The Labute approximate surface area is 807 Å². The number of imidazole rings is 1. The molecule has 0 radical (unpaired) electrons. The number of halogens is 1. The Hall–Kier alpha value is -5.96. The molecule has 17 N–H and O–H groups in total. The SMILES string of the molecule is CCCCOC(=O)C(C)N.CCCCOC(=O)C(C)NP(C)(=O)NCC(C)C(=O)OCC.CCCCOC(=O)C(CO)NP(C)(=O)NC(CO)C(=O)OCCCC.CCOC(=O)C(C)CNP(C)(=O)O.CCOC(=O)C(C)CNP(C)(=O)OCc1ccccc1.CCOC(=O)C(C)N.CP(=O)(Cl)OCc1ccccc1.CP(=O)(O)O.CP(=O)(O)OCc1ccccc1.CP(=O)(O)n1ccnc1. The van der Waals surface area contributed by atoms with Crippen LogP contribution in [0.3, 0.4) is 0 Å². The molecule has 0 spiro atoms. The van der Waals surface area contributed by atoms with Crippen LogP contribution in [-0.2, 0) is 146 Å². The average Bonchev–Trinajstić information content (AvgIpc) is 1.23. The largest absolute Gasteiger partial charge is 0.466 e. The fourth-order valence-corrected chi connectivity index (χ4v) is 14.7. The van der Waals surface area contributed by atoms with Crippen molar-refractivity contribution in [1.82, 2.24) is 39.8 Å². The minimum absolute atomic E-state index is 0.156. The van der Waals surface area contributed by atoms with Gasteiger partial charge in [0.05, 0.1) is 104 Å². The smallest absolute Gasteiger partial charge is 0.325 e. The molecule has 790 valence electrons. The number of carbonyl (C=O) groups is 8. The molecule has 14 atom stereocenters. The zero-order valence-electron chi connectivity index (χ0n) is 82.6. The molecule has 53 heteroatoms. The Morgan fingerprint density at radius 2 is 0.706 bits per heavy atom. The number of aliphatic hydroxyl groups is 2. The number of esters is 8. The molecule has 0 amide bonds. The van der Waals surface area contributed by atoms with Crippen molar-refractivity contribution in [3.63, 3.8) is 0 Å². The topological polar surface area (TPSA) is 658 Å². The van der Waals surface area contributed by atoms with Gasteiger partial charge in [-0.3, -0.25) is 84.3 Å². The first-order valence-electron chi connectivity index (χ1n) is 43.6. The highest BCUT2D eigenvalue weighted by Crippen LogP contribution is 2.49. The number of ether oxygens (including phenoxy) is 8. The van der Waals surface area contributed by atoms with Crippen molar-refractivity contribution in [2.45, 2.75) is 198 Å². The van der Waals surface area contributed by atoms with Crippen LogP contribution in [0, 0.1) is 17.8 Å². The van der Waals surface area contributed by atoms with Crippen LogP contribution in [-0.4, -0.2) is 261 Å². The molecule has 4 aromatic rings. The van der Waals surface area contributed by atoms with Crippen molar-refractivity contribution >= 4 is 118 Å². The van der Waals surface area contributed by atoms with E-state index in [4.69, 9.17) is 93.9 Å². The summed E-state index contributed by atoms with van der Waals surface area (Å²) in [4.78, 5) is 136. The molecule has 0 aliphatic rings. The fraction of sp³-hybridized carbons (Fsp3) is 0.651. The number of nitrogens with one attached hydrogen (secondary N) is 6. The Morgan fingerprint density at radius 1 is 0.404 bits per heavy atom. The molecule has 0 saturated heterocycles. The molecule has 14 unspecified atom stereocenters. The lowest BCUT2D eigenvalue weighted by atomic mass is 10.2. The number of nitrogens with zero attached hydrogens (tertiary/aromatic N) is 2. The van der Waals surface area contributed by atoms with Gasteiger partial charge in [-0.1, -0.05) is 165 Å². The highest BCUT2D eigenvalue weighted by atomic mass is 35.7. The maximum Gasteiger partial charge on any atom is 0.325 e. The highest BCUT2D eigenvalue weighted by molar-refractivity contribution is 7.84. The van der Waals surface area contributed by atoms with Gasteiger partial charge in [-0.25, -0.2) is 30.4 Å². The summed E-state index contributed by atoms with van der Waals surface area (Å²) < 4.78 is 145. The molecule has 0 aliphatic heterocycles. The fourth-order valence-electron chi connectivity index (χ4n) is 8.28. The molecule has 1 aromatic heterocycles. The van der Waals surface area contributed by atoms with E-state index in [9.17, 15) is 85.1 Å². The molecule has 0 bridgehead atoms. The summed E-state index contributed by atoms with van der Waals surface area (Å²) in [5.74, 6) is -4.73. The van der Waals surface area contributed by atoms with Crippen LogP contribution in [0.15, 0.2) is 110 Å². The van der Waals surface area contributed by atoms with Gasteiger partial charge in [0.1, 0.15) is 36.5 Å². The first kappa shape index (κ1) is 141. The van der Waals surface area contributed by atoms with Crippen molar-refractivity contribution in [1.29, 1.82) is 0 Å². The van der Waals surface area contributed by atoms with Gasteiger partial charge in [0, 0.05) is 85.3 Å². The summed E-state index contributed by atoms with van der Waals surface area (Å²) in [7, 11) is -22.7. The van der Waals surface area contributed by atoms with Crippen LogP contribution < -0.4 is 42.0 Å². The lowest BCUT2D eigenvalue weighted by Crippen LogP contribution is -2.46. The van der Waals surface area contributed by atoms with Crippen LogP contribution in [0.5, 0.6) is 0 Å². The zero-order valence-corrected chi connectivity index (χ0v) is 90.6. The zero-order chi connectivity index (χ0) is 106. The van der Waals surface area contributed by atoms with E-state index in [1.54, 1.807) is 69.2 Å². The molecule has 0 fully saturated rings. The summed E-state index contributed by atoms with van der Waals surface area (Å²) in [6.45, 7) is 34.8. The number of nitrogens with two attached hydrogens (primary N) is 2. The predicted octanol–water partition coefficient (Wildman–Crippen LogP) is 11.9. The third kappa shape index (κ3) is 91.8. The van der Waals surface area contributed by atoms with Crippen LogP contribution in [0.4, 0.5) is 0 Å². The monoisotopic (exact) mass is 2120 g/mol. The number of aliphatic hydroxyl groups excluding tert-OH is 2. The van der Waals surface area contributed by atoms with Gasteiger partial charge >= 0.3 is 62.9 Å². The van der Waals surface area contributed by atoms with E-state index in [2.05, 4.69) is 40.2 Å². The molecule has 4 rings (SSSR count). The Kier molecular flexibility index (Phi) is 83.4. The second-order valence-electron chi connectivity index (χ2n) is 30.1. The maximum atomic E-state index is 12.6. The Morgan fingerprint density at radius 3 is 0.978 bits per heavy atom. The van der Waals surface area contributed by atoms with Gasteiger partial charge in [0.25, 0.3) is 29.3 Å². The number of aromatic nitrogens is 2. The lowest BCUT2D eigenvalue weighted by molar-refractivity contribution is -0.148. The van der Waals surface area contributed by atoms with E-state index in [1.165, 1.54) is 69.7 Å². The van der Waals surface area contributed by atoms with E-state index in [0.717, 1.165) is 61.9 Å². The van der Waals surface area contributed by atoms with Crippen LogP contribution in [0.2, 0.25) is 0 Å². The first-order valence-corrected chi connectivity index (χ1v) is 61.2. The highest BCUT2D eigenvalue weighted by Gasteiger charge is 2.32. The van der Waals surface area contributed by atoms with Gasteiger partial charge in [0.2, 0.25) is 14.9 Å². The van der Waals surface area contributed by atoms with Crippen molar-refractivity contribution in [2.75, 3.05) is 139 Å². The molecule has 136 heavy (non-hydrogen) atoms. The normalized spacial score (nSPS) is 15.5. The average molecular weight is 2120 g/mol. The van der Waals surface area contributed by atoms with Gasteiger partial charge in [-0.05, 0) is 102 Å². The van der Waals surface area contributed by atoms with Crippen LogP contribution in [0.1, 0.15) is 165 Å². The standard InChI is InChI=1S/C15H31N2O7P.C14H29N2O5P.C14H22NO4P.C8H10ClO2P.C8H11O3P.C7H16NO4P.C7H15NO2.C5H11NO2.C4H7N2O2P.CH5O3P/c1-4-6-8-23-14(20)12(10-18)16-25(3,22)17-13(11-19)15(21)24-9-7-5-2;1-6-8-9-21-14(18)12(4)16-22(5,19)15-10-11(3)13(17)20-7-2;1-4-18-14(16)12(2)10-15-20(3,17)19-11-13-8-6-5-7-9-13;2*1-12(9,10)11-7-8-5-3-2-4-6-8;1-4-12-7(9)6(2)5-8-13(3,10)11;1-3-4-5-10-7(9)6(2)8;1-3-8-5(7)4(2)6;1-9(7,8)6-3-2-5-4-6;1-5(2,3)4/h12-13,18-19H,4-11H2,1-3H3,(H2,16,17,22);11-12H,6-10H2,1-5H3,(H2,15,16,19);5-9,12H,4,10-11H2,1-3H3,(H,15,17);2-6H,7H2,1H3;2-6H,7H2,1H3,(H,9,10);6H,4-5H2,1-3H3,(H2,8,10,11);6H,3-5,8H2,1-2H3;4H,3,6H2,1-2H3;2-4H,1H3,(H,7,8);1H3,(H2,2,3,4). The number of hydrogen-bond acceptors (Lipinski definition) is 32. The number of benzene rings is 3. The van der Waals surface area contributed by atoms with Crippen molar-refractivity contribution in [3.8, 4) is 0 Å². The second-order valence-corrected chi connectivity index (χ2v) is 48.4. The van der Waals surface area contributed by atoms with Crippen LogP contribution >= 0.6 is 70.6 Å².